The van der Waals surface area contributed by atoms with Gasteiger partial charge in [-0.3, -0.25) is 4.79 Å². The highest BCUT2D eigenvalue weighted by atomic mass is 19.1. The van der Waals surface area contributed by atoms with E-state index in [0.29, 0.717) is 18.0 Å². The summed E-state index contributed by atoms with van der Waals surface area (Å²) in [7, 11) is 0. The highest BCUT2D eigenvalue weighted by Crippen LogP contribution is 2.33. The zero-order valence-electron chi connectivity index (χ0n) is 12.3. The Morgan fingerprint density at radius 1 is 1.14 bits per heavy atom. The van der Waals surface area contributed by atoms with Gasteiger partial charge in [0, 0.05) is 11.8 Å². The normalized spacial score (nSPS) is 15.5. The van der Waals surface area contributed by atoms with Crippen LogP contribution in [-0.2, 0) is 0 Å². The van der Waals surface area contributed by atoms with Gasteiger partial charge >= 0.3 is 0 Å². The van der Waals surface area contributed by atoms with Crippen molar-refractivity contribution in [2.24, 2.45) is 0 Å². The molecule has 114 valence electrons. The first-order chi connectivity index (χ1) is 10.8. The monoisotopic (exact) mass is 299 g/mol. The Morgan fingerprint density at radius 2 is 1.86 bits per heavy atom. The number of rotatable bonds is 4. The van der Waals surface area contributed by atoms with Crippen molar-refractivity contribution < 1.29 is 13.9 Å². The summed E-state index contributed by atoms with van der Waals surface area (Å²) in [6.07, 6.45) is 8.25. The lowest BCUT2D eigenvalue weighted by Gasteiger charge is -2.22. The molecule has 1 saturated carbocycles. The van der Waals surface area contributed by atoms with Crippen LogP contribution < -0.4 is 4.74 Å². The second-order valence-corrected chi connectivity index (χ2v) is 5.68. The molecule has 0 saturated heterocycles. The molecule has 3 rings (SSSR count). The largest absolute Gasteiger partial charge is 0.436 e. The molecule has 1 aromatic carbocycles. The molecule has 0 radical (unpaired) electrons. The molecular formula is C18H18FNO2. The lowest BCUT2D eigenvalue weighted by molar-refractivity contribution is 0.112. The van der Waals surface area contributed by atoms with Gasteiger partial charge in [-0.15, -0.1) is 0 Å². The van der Waals surface area contributed by atoms with Crippen LogP contribution in [0.2, 0.25) is 0 Å². The van der Waals surface area contributed by atoms with Crippen LogP contribution in [0.25, 0.3) is 0 Å². The maximum Gasteiger partial charge on any atom is 0.255 e. The van der Waals surface area contributed by atoms with Gasteiger partial charge in [0.2, 0.25) is 0 Å². The van der Waals surface area contributed by atoms with E-state index in [-0.39, 0.29) is 11.4 Å². The number of carbonyl (C=O) groups excluding carboxylic acids is 1. The summed E-state index contributed by atoms with van der Waals surface area (Å²) in [5.74, 6) is 0.423. The molecule has 0 aliphatic heterocycles. The van der Waals surface area contributed by atoms with E-state index in [4.69, 9.17) is 4.74 Å². The van der Waals surface area contributed by atoms with Gasteiger partial charge in [0.25, 0.3) is 5.88 Å². The first-order valence-corrected chi connectivity index (χ1v) is 7.65. The fourth-order valence-corrected chi connectivity index (χ4v) is 2.94. The highest BCUT2D eigenvalue weighted by molar-refractivity contribution is 5.74. The van der Waals surface area contributed by atoms with Crippen LogP contribution in [0.3, 0.4) is 0 Å². The predicted molar refractivity (Wildman–Crippen MR) is 81.9 cm³/mol. The number of halogens is 1. The number of hydrogen-bond acceptors (Lipinski definition) is 3. The van der Waals surface area contributed by atoms with Crippen molar-refractivity contribution in [3.63, 3.8) is 0 Å². The van der Waals surface area contributed by atoms with Gasteiger partial charge in [0.1, 0.15) is 5.75 Å². The minimum atomic E-state index is -0.638. The zero-order chi connectivity index (χ0) is 15.4. The molecule has 1 aliphatic rings. The van der Waals surface area contributed by atoms with Crippen LogP contribution in [-0.4, -0.2) is 11.3 Å². The summed E-state index contributed by atoms with van der Waals surface area (Å²) >= 11 is 0. The van der Waals surface area contributed by atoms with E-state index in [1.807, 2.05) is 24.3 Å². The van der Waals surface area contributed by atoms with Crippen molar-refractivity contribution in [1.82, 2.24) is 4.98 Å². The molecule has 1 aromatic heterocycles. The number of hydrogen-bond donors (Lipinski definition) is 0. The average Bonchev–Trinajstić information content (AvgIpc) is 2.58. The van der Waals surface area contributed by atoms with Crippen molar-refractivity contribution in [2.75, 3.05) is 0 Å². The van der Waals surface area contributed by atoms with Gasteiger partial charge in [-0.05, 0) is 42.5 Å². The number of aromatic nitrogens is 1. The van der Waals surface area contributed by atoms with Gasteiger partial charge in [-0.1, -0.05) is 31.4 Å². The molecular weight excluding hydrogens is 281 g/mol. The first kappa shape index (κ1) is 14.7. The van der Waals surface area contributed by atoms with Gasteiger partial charge in [-0.2, -0.15) is 0 Å². The fourth-order valence-electron chi connectivity index (χ4n) is 2.94. The van der Waals surface area contributed by atoms with Crippen LogP contribution in [0.5, 0.6) is 11.6 Å². The van der Waals surface area contributed by atoms with E-state index in [2.05, 4.69) is 4.98 Å². The van der Waals surface area contributed by atoms with Gasteiger partial charge in [0.05, 0.1) is 0 Å². The Hall–Kier alpha value is -2.23. The van der Waals surface area contributed by atoms with Crippen molar-refractivity contribution in [3.05, 3.63) is 53.5 Å². The number of nitrogens with zero attached hydrogens (tertiary/aromatic N) is 1. The van der Waals surface area contributed by atoms with Crippen molar-refractivity contribution in [3.8, 4) is 11.6 Å². The quantitative estimate of drug-likeness (QED) is 0.756. The fraction of sp³-hybridized carbons (Fsp3) is 0.333. The third kappa shape index (κ3) is 3.32. The second kappa shape index (κ2) is 6.69. The van der Waals surface area contributed by atoms with Crippen LogP contribution in [0, 0.1) is 5.82 Å². The molecule has 0 bridgehead atoms. The van der Waals surface area contributed by atoms with Crippen molar-refractivity contribution in [2.45, 2.75) is 38.0 Å². The lowest BCUT2D eigenvalue weighted by atomic mass is 9.84. The molecule has 0 amide bonds. The number of ether oxygens (including phenoxy) is 1. The number of aldehydes is 1. The highest BCUT2D eigenvalue weighted by Gasteiger charge is 2.15. The summed E-state index contributed by atoms with van der Waals surface area (Å²) in [5.41, 5.74) is 1.51. The summed E-state index contributed by atoms with van der Waals surface area (Å²) < 4.78 is 19.2. The number of benzene rings is 1. The lowest BCUT2D eigenvalue weighted by Crippen LogP contribution is -2.04. The molecule has 3 nitrogen and oxygen atoms in total. The van der Waals surface area contributed by atoms with Crippen molar-refractivity contribution in [1.29, 1.82) is 0 Å². The molecule has 2 aromatic rings. The summed E-state index contributed by atoms with van der Waals surface area (Å²) in [6.45, 7) is 0. The van der Waals surface area contributed by atoms with Gasteiger partial charge in [0.15, 0.2) is 12.1 Å². The number of pyridine rings is 1. The molecule has 4 heteroatoms. The molecule has 0 unspecified atom stereocenters. The van der Waals surface area contributed by atoms with Crippen LogP contribution in [0.4, 0.5) is 4.39 Å². The van der Waals surface area contributed by atoms with Crippen LogP contribution in [0.15, 0.2) is 36.5 Å². The molecule has 1 fully saturated rings. The van der Waals surface area contributed by atoms with E-state index < -0.39 is 5.82 Å². The van der Waals surface area contributed by atoms with E-state index in [1.54, 1.807) is 0 Å². The maximum atomic E-state index is 13.7. The van der Waals surface area contributed by atoms with Crippen molar-refractivity contribution >= 4 is 6.29 Å². The predicted octanol–water partition coefficient (Wildman–Crippen LogP) is 4.87. The second-order valence-electron chi connectivity index (χ2n) is 5.68. The van der Waals surface area contributed by atoms with Crippen LogP contribution in [0.1, 0.15) is 53.9 Å². The first-order valence-electron chi connectivity index (χ1n) is 7.65. The Balaban J connectivity index is 1.71. The molecule has 22 heavy (non-hydrogen) atoms. The van der Waals surface area contributed by atoms with Crippen LogP contribution >= 0.6 is 0 Å². The third-order valence-corrected chi connectivity index (χ3v) is 4.14. The smallest absolute Gasteiger partial charge is 0.255 e. The summed E-state index contributed by atoms with van der Waals surface area (Å²) in [6, 6.07) is 8.90. The Bertz CT molecular complexity index is 649. The van der Waals surface area contributed by atoms with Gasteiger partial charge in [-0.25, -0.2) is 9.37 Å². The topological polar surface area (TPSA) is 39.2 Å². The standard InChI is InChI=1S/C18H18FNO2/c19-17-10-13(12-21)11-20-18(17)22-16-8-6-15(7-9-16)14-4-2-1-3-5-14/h6-12,14H,1-5H2. The zero-order valence-corrected chi connectivity index (χ0v) is 12.3. The summed E-state index contributed by atoms with van der Waals surface area (Å²) in [5, 5.41) is 0. The average molecular weight is 299 g/mol. The Kier molecular flexibility index (Phi) is 4.47. The molecule has 0 atom stereocenters. The SMILES string of the molecule is O=Cc1cnc(Oc2ccc(C3CCCCC3)cc2)c(F)c1. The minimum absolute atomic E-state index is 0.115. The number of carbonyl (C=O) groups is 1. The Labute approximate surface area is 129 Å². The maximum absolute atomic E-state index is 13.7. The molecule has 1 heterocycles. The molecule has 0 N–H and O–H groups in total. The van der Waals surface area contributed by atoms with Gasteiger partial charge < -0.3 is 4.74 Å². The summed E-state index contributed by atoms with van der Waals surface area (Å²) in [4.78, 5) is 14.4. The van der Waals surface area contributed by atoms with E-state index in [1.165, 1.54) is 43.9 Å². The van der Waals surface area contributed by atoms with E-state index in [9.17, 15) is 9.18 Å². The Morgan fingerprint density at radius 3 is 2.50 bits per heavy atom. The molecule has 1 aliphatic carbocycles. The van der Waals surface area contributed by atoms with E-state index >= 15 is 0 Å². The molecule has 0 spiro atoms. The minimum Gasteiger partial charge on any atom is -0.436 e. The van der Waals surface area contributed by atoms with E-state index in [0.717, 1.165) is 6.07 Å². The third-order valence-electron chi connectivity index (χ3n) is 4.14.